The summed E-state index contributed by atoms with van der Waals surface area (Å²) in [6.07, 6.45) is 21.5. The van der Waals surface area contributed by atoms with Gasteiger partial charge in [0, 0.05) is 6.42 Å². The third-order valence-corrected chi connectivity index (χ3v) is 6.20. The van der Waals surface area contributed by atoms with Crippen LogP contribution < -0.4 is 5.43 Å². The number of nitrogens with zero attached hydrogens (tertiary/aromatic N) is 3. The minimum atomic E-state index is 0.0324. The average molecular weight is 395 g/mol. The van der Waals surface area contributed by atoms with Crippen molar-refractivity contribution in [1.82, 2.24) is 14.9 Å². The topological polar surface area (TPSA) is 59.8 Å². The molecule has 1 aliphatic rings. The van der Waals surface area contributed by atoms with Gasteiger partial charge < -0.3 is 0 Å². The van der Waals surface area contributed by atoms with Gasteiger partial charge in [-0.3, -0.25) is 10.2 Å². The fraction of sp³-hybridized carbons (Fsp3) is 0.857. The first kappa shape index (κ1) is 22.3. The molecule has 0 saturated carbocycles. The van der Waals surface area contributed by atoms with Gasteiger partial charge >= 0.3 is 0 Å². The number of hydrogen-bond donors (Lipinski definition) is 1. The van der Waals surface area contributed by atoms with E-state index >= 15 is 0 Å². The van der Waals surface area contributed by atoms with E-state index in [1.54, 1.807) is 4.68 Å². The largest absolute Gasteiger partial charge is 0.272 e. The molecule has 1 aliphatic heterocycles. The number of unbranched alkanes of at least 4 members (excludes halogenated alkanes) is 14. The summed E-state index contributed by atoms with van der Waals surface area (Å²) in [6, 6.07) is 0. The van der Waals surface area contributed by atoms with Crippen molar-refractivity contribution in [3.63, 3.8) is 0 Å². The molecule has 1 N–H and O–H groups in total. The lowest BCUT2D eigenvalue weighted by molar-refractivity contribution is -0.115. The Bertz CT molecular complexity index is 532. The van der Waals surface area contributed by atoms with Crippen LogP contribution in [-0.2, 0) is 11.2 Å². The van der Waals surface area contributed by atoms with Crippen LogP contribution in [0.2, 0.25) is 0 Å². The monoisotopic (exact) mass is 394 g/mol. The second-order valence-electron chi connectivity index (χ2n) is 7.76. The van der Waals surface area contributed by atoms with E-state index in [0.717, 1.165) is 23.8 Å². The van der Waals surface area contributed by atoms with E-state index < -0.39 is 0 Å². The van der Waals surface area contributed by atoms with Crippen molar-refractivity contribution >= 4 is 17.7 Å². The van der Waals surface area contributed by atoms with Crippen LogP contribution in [0.4, 0.5) is 0 Å². The number of thioether (sulfide) groups is 1. The molecule has 154 valence electrons. The minimum absolute atomic E-state index is 0.0324. The summed E-state index contributed by atoms with van der Waals surface area (Å²) < 4.78 is 1.76. The summed E-state index contributed by atoms with van der Waals surface area (Å²) >= 11 is 1.46. The lowest BCUT2D eigenvalue weighted by Gasteiger charge is -2.15. The number of carbonyl (C=O) groups excluding carboxylic acids is 1. The first-order valence-electron chi connectivity index (χ1n) is 11.2. The third-order valence-electron chi connectivity index (χ3n) is 5.27. The van der Waals surface area contributed by atoms with Crippen LogP contribution in [0.1, 0.15) is 109 Å². The van der Waals surface area contributed by atoms with Crippen LogP contribution in [-0.4, -0.2) is 26.5 Å². The Morgan fingerprint density at radius 3 is 1.89 bits per heavy atom. The minimum Gasteiger partial charge on any atom is -0.272 e. The van der Waals surface area contributed by atoms with Crippen molar-refractivity contribution in [3.8, 4) is 0 Å². The molecule has 6 heteroatoms. The van der Waals surface area contributed by atoms with Gasteiger partial charge in [0.15, 0.2) is 5.82 Å². The van der Waals surface area contributed by atoms with E-state index in [2.05, 4.69) is 22.5 Å². The zero-order valence-corrected chi connectivity index (χ0v) is 18.0. The molecule has 0 bridgehead atoms. The molecule has 0 unspecified atom stereocenters. The van der Waals surface area contributed by atoms with Gasteiger partial charge in [-0.1, -0.05) is 109 Å². The predicted octanol–water partition coefficient (Wildman–Crippen LogP) is 5.87. The highest BCUT2D eigenvalue weighted by Gasteiger charge is 2.20. The van der Waals surface area contributed by atoms with Crippen molar-refractivity contribution < 1.29 is 4.79 Å². The van der Waals surface area contributed by atoms with E-state index in [1.807, 2.05) is 0 Å². The Balaban J connectivity index is 1.36. The zero-order chi connectivity index (χ0) is 19.2. The maximum Gasteiger partial charge on any atom is 0.249 e. The van der Waals surface area contributed by atoms with E-state index in [1.165, 1.54) is 102 Å². The van der Waals surface area contributed by atoms with Gasteiger partial charge in [-0.15, -0.1) is 10.2 Å². The molecule has 2 rings (SSSR count). The molecule has 0 fully saturated rings. The summed E-state index contributed by atoms with van der Waals surface area (Å²) in [5.41, 5.74) is 2.84. The highest BCUT2D eigenvalue weighted by Crippen LogP contribution is 2.20. The number of amides is 1. The van der Waals surface area contributed by atoms with Gasteiger partial charge in [0.25, 0.3) is 0 Å². The molecule has 0 radical (unpaired) electrons. The van der Waals surface area contributed by atoms with Crippen molar-refractivity contribution in [3.05, 3.63) is 5.82 Å². The lowest BCUT2D eigenvalue weighted by Crippen LogP contribution is -2.30. The van der Waals surface area contributed by atoms with E-state index in [0.29, 0.717) is 5.75 Å². The van der Waals surface area contributed by atoms with E-state index in [9.17, 15) is 4.79 Å². The molecule has 1 amide bonds. The van der Waals surface area contributed by atoms with E-state index in [-0.39, 0.29) is 5.91 Å². The second-order valence-corrected chi connectivity index (χ2v) is 8.70. The Hall–Kier alpha value is -1.04. The highest BCUT2D eigenvalue weighted by molar-refractivity contribution is 7.99. The number of aromatic nitrogens is 3. The Morgan fingerprint density at radius 2 is 1.33 bits per heavy atom. The number of fused-ring (bicyclic) bond motifs is 1. The van der Waals surface area contributed by atoms with Gasteiger partial charge in [0.05, 0.1) is 5.75 Å². The fourth-order valence-corrected chi connectivity index (χ4v) is 4.31. The molecule has 1 aromatic heterocycles. The zero-order valence-electron chi connectivity index (χ0n) is 17.2. The second kappa shape index (κ2) is 14.0. The predicted molar refractivity (Wildman–Crippen MR) is 114 cm³/mol. The molecular formula is C21H38N4OS. The van der Waals surface area contributed by atoms with Gasteiger partial charge in [-0.2, -0.15) is 0 Å². The summed E-state index contributed by atoms with van der Waals surface area (Å²) in [7, 11) is 0. The molecule has 27 heavy (non-hydrogen) atoms. The van der Waals surface area contributed by atoms with Crippen LogP contribution >= 0.6 is 11.8 Å². The smallest absolute Gasteiger partial charge is 0.249 e. The molecule has 0 aliphatic carbocycles. The Morgan fingerprint density at radius 1 is 0.815 bits per heavy atom. The van der Waals surface area contributed by atoms with Crippen LogP contribution in [0.25, 0.3) is 0 Å². The number of aryl methyl sites for hydroxylation is 1. The molecular weight excluding hydrogens is 356 g/mol. The van der Waals surface area contributed by atoms with Gasteiger partial charge in [-0.05, 0) is 6.42 Å². The average Bonchev–Trinajstić information content (AvgIpc) is 3.07. The number of carbonyl (C=O) groups is 1. The van der Waals surface area contributed by atoms with Crippen LogP contribution in [0.3, 0.4) is 0 Å². The lowest BCUT2D eigenvalue weighted by atomic mass is 10.0. The number of hydrogen-bond acceptors (Lipinski definition) is 4. The maximum absolute atomic E-state index is 11.5. The summed E-state index contributed by atoms with van der Waals surface area (Å²) in [5, 5.41) is 9.16. The Labute approximate surface area is 169 Å². The molecule has 0 spiro atoms. The molecule has 0 aromatic carbocycles. The first-order chi connectivity index (χ1) is 13.3. The number of nitrogens with one attached hydrogen (secondary N) is 1. The third kappa shape index (κ3) is 9.13. The van der Waals surface area contributed by atoms with Gasteiger partial charge in [0.1, 0.15) is 0 Å². The maximum atomic E-state index is 11.5. The van der Waals surface area contributed by atoms with Crippen LogP contribution in [0, 0.1) is 0 Å². The SMILES string of the molecule is CCCCCCCCCCCCCCCCCc1nnc2n1NC(=O)CS2. The molecule has 0 atom stereocenters. The standard InChI is InChI=1S/C21H38N4OS/c1-2-3-4-5-6-7-8-9-10-11-12-13-14-15-16-17-19-22-23-21-25(19)24-20(26)18-27-21/h2-18H2,1H3,(H,24,26). The van der Waals surface area contributed by atoms with Crippen LogP contribution in [0.15, 0.2) is 5.16 Å². The number of rotatable bonds is 16. The first-order valence-corrected chi connectivity index (χ1v) is 12.2. The fourth-order valence-electron chi connectivity index (χ4n) is 3.61. The van der Waals surface area contributed by atoms with Crippen molar-refractivity contribution in [2.45, 2.75) is 115 Å². The van der Waals surface area contributed by atoms with Crippen molar-refractivity contribution in [2.75, 3.05) is 11.2 Å². The summed E-state index contributed by atoms with van der Waals surface area (Å²) in [6.45, 7) is 2.28. The van der Waals surface area contributed by atoms with Crippen LogP contribution in [0.5, 0.6) is 0 Å². The molecule has 0 saturated heterocycles. The normalized spacial score (nSPS) is 13.6. The highest BCUT2D eigenvalue weighted by atomic mass is 32.2. The summed E-state index contributed by atoms with van der Waals surface area (Å²) in [5.74, 6) is 1.36. The quantitative estimate of drug-likeness (QED) is 0.356. The van der Waals surface area contributed by atoms with Crippen molar-refractivity contribution in [1.29, 1.82) is 0 Å². The molecule has 2 heterocycles. The Kier molecular flexibility index (Phi) is 11.6. The van der Waals surface area contributed by atoms with Gasteiger partial charge in [0.2, 0.25) is 11.1 Å². The molecule has 1 aromatic rings. The summed E-state index contributed by atoms with van der Waals surface area (Å²) in [4.78, 5) is 11.5. The van der Waals surface area contributed by atoms with Gasteiger partial charge in [-0.25, -0.2) is 4.68 Å². The molecule has 5 nitrogen and oxygen atoms in total. The van der Waals surface area contributed by atoms with Crippen molar-refractivity contribution in [2.24, 2.45) is 0 Å². The van der Waals surface area contributed by atoms with E-state index in [4.69, 9.17) is 0 Å².